The summed E-state index contributed by atoms with van der Waals surface area (Å²) in [4.78, 5) is 0. The summed E-state index contributed by atoms with van der Waals surface area (Å²) in [6.45, 7) is 2.15. The van der Waals surface area contributed by atoms with Gasteiger partial charge >= 0.3 is 0 Å². The van der Waals surface area contributed by atoms with Crippen LogP contribution in [0.3, 0.4) is 0 Å². The lowest BCUT2D eigenvalue weighted by Gasteiger charge is -2.10. The quantitative estimate of drug-likeness (QED) is 0.240. The molecule has 1 aromatic rings. The van der Waals surface area contributed by atoms with E-state index in [1.165, 1.54) is 12.8 Å². The van der Waals surface area contributed by atoms with Crippen molar-refractivity contribution < 1.29 is 8.78 Å². The Morgan fingerprint density at radius 1 is 1.11 bits per heavy atom. The maximum atomic E-state index is 13.8. The Morgan fingerprint density at radius 3 is 2.39 bits per heavy atom. The van der Waals surface area contributed by atoms with Crippen LogP contribution in [-0.4, -0.2) is 0 Å². The molecule has 0 aromatic heterocycles. The lowest BCUT2D eigenvalue weighted by Crippen LogP contribution is -2.03. The molecule has 18 heavy (non-hydrogen) atoms. The second kappa shape index (κ2) is 8.31. The Hall–Kier alpha value is 0.1000. The van der Waals surface area contributed by atoms with Crippen molar-refractivity contribution >= 4 is 34.2 Å². The summed E-state index contributed by atoms with van der Waals surface area (Å²) in [6, 6.07) is 1.65. The molecule has 1 rings (SSSR count). The summed E-state index contributed by atoms with van der Waals surface area (Å²) in [7, 11) is 0. The third-order valence-electron chi connectivity index (χ3n) is 3.03. The topological polar surface area (TPSA) is 0 Å². The standard InChI is InChI=1S/C14H18ClF2I/c1-2-3-4-5-6-7-11-10(9-15)8-12(18)14(17)13(11)16/h8H,2-7,9H2,1H3. The minimum Gasteiger partial charge on any atom is -0.203 e. The minimum absolute atomic E-state index is 0.234. The van der Waals surface area contributed by atoms with Crippen LogP contribution in [0.2, 0.25) is 0 Å². The molecule has 0 spiro atoms. The molecule has 0 radical (unpaired) electrons. The lowest BCUT2D eigenvalue weighted by atomic mass is 10.0. The van der Waals surface area contributed by atoms with E-state index >= 15 is 0 Å². The molecular weight excluding hydrogens is 369 g/mol. The summed E-state index contributed by atoms with van der Waals surface area (Å²) in [5, 5.41) is 0. The van der Waals surface area contributed by atoms with Crippen LogP contribution < -0.4 is 0 Å². The van der Waals surface area contributed by atoms with Crippen LogP contribution in [0.15, 0.2) is 6.07 Å². The highest BCUT2D eigenvalue weighted by Gasteiger charge is 2.16. The van der Waals surface area contributed by atoms with Gasteiger partial charge in [0.25, 0.3) is 0 Å². The first-order valence-electron chi connectivity index (χ1n) is 6.33. The molecule has 0 aliphatic heterocycles. The van der Waals surface area contributed by atoms with Gasteiger partial charge in [-0.25, -0.2) is 8.78 Å². The number of halogens is 4. The molecule has 0 N–H and O–H groups in total. The van der Waals surface area contributed by atoms with E-state index in [1.54, 1.807) is 28.7 Å². The summed E-state index contributed by atoms with van der Waals surface area (Å²) < 4.78 is 27.7. The van der Waals surface area contributed by atoms with Gasteiger partial charge in [0.2, 0.25) is 0 Å². The second-order valence-electron chi connectivity index (χ2n) is 4.42. The van der Waals surface area contributed by atoms with Gasteiger partial charge in [0.1, 0.15) is 0 Å². The monoisotopic (exact) mass is 386 g/mol. The largest absolute Gasteiger partial charge is 0.203 e. The van der Waals surface area contributed by atoms with E-state index < -0.39 is 11.6 Å². The highest BCUT2D eigenvalue weighted by molar-refractivity contribution is 14.1. The Bertz CT molecular complexity index is 394. The predicted octanol–water partition coefficient (Wildman–Crippen LogP) is 5.82. The third-order valence-corrected chi connectivity index (χ3v) is 4.10. The van der Waals surface area contributed by atoms with Crippen LogP contribution in [0.4, 0.5) is 8.78 Å². The van der Waals surface area contributed by atoms with E-state index in [0.29, 0.717) is 15.6 Å². The summed E-state index contributed by atoms with van der Waals surface area (Å²) in [5.74, 6) is -1.22. The number of rotatable bonds is 7. The summed E-state index contributed by atoms with van der Waals surface area (Å²) in [6.07, 6.45) is 6.06. The van der Waals surface area contributed by atoms with Crippen LogP contribution in [0, 0.1) is 15.2 Å². The smallest absolute Gasteiger partial charge is 0.172 e. The molecule has 0 atom stereocenters. The van der Waals surface area contributed by atoms with Crippen LogP contribution in [0.5, 0.6) is 0 Å². The Kier molecular flexibility index (Phi) is 7.46. The van der Waals surface area contributed by atoms with Gasteiger partial charge in [-0.05, 0) is 52.6 Å². The van der Waals surface area contributed by atoms with Gasteiger partial charge in [-0.1, -0.05) is 32.6 Å². The van der Waals surface area contributed by atoms with Gasteiger partial charge < -0.3 is 0 Å². The van der Waals surface area contributed by atoms with Crippen LogP contribution in [-0.2, 0) is 12.3 Å². The maximum Gasteiger partial charge on any atom is 0.172 e. The number of unbranched alkanes of at least 4 members (excludes halogenated alkanes) is 4. The molecular formula is C14H18ClF2I. The zero-order valence-electron chi connectivity index (χ0n) is 10.5. The first kappa shape index (κ1) is 16.2. The van der Waals surface area contributed by atoms with Crippen molar-refractivity contribution in [3.63, 3.8) is 0 Å². The van der Waals surface area contributed by atoms with Crippen LogP contribution >= 0.6 is 34.2 Å². The van der Waals surface area contributed by atoms with Crippen molar-refractivity contribution in [3.05, 3.63) is 32.4 Å². The first-order chi connectivity index (χ1) is 8.61. The summed E-state index contributed by atoms with van der Waals surface area (Å²) >= 11 is 7.60. The fraction of sp³-hybridized carbons (Fsp3) is 0.571. The Labute approximate surface area is 126 Å². The molecule has 0 nitrogen and oxygen atoms in total. The number of hydrogen-bond donors (Lipinski definition) is 0. The SMILES string of the molecule is CCCCCCCc1c(CCl)cc(I)c(F)c1F. The molecule has 0 amide bonds. The molecule has 1 aromatic carbocycles. The van der Waals surface area contributed by atoms with Gasteiger partial charge in [0.15, 0.2) is 11.6 Å². The molecule has 0 unspecified atom stereocenters. The molecule has 4 heteroatoms. The molecule has 0 aliphatic rings. The van der Waals surface area contributed by atoms with Gasteiger partial charge in [0.05, 0.1) is 3.57 Å². The third kappa shape index (κ3) is 4.34. The van der Waals surface area contributed by atoms with Crippen molar-refractivity contribution in [3.8, 4) is 0 Å². The van der Waals surface area contributed by atoms with Crippen LogP contribution in [0.25, 0.3) is 0 Å². The van der Waals surface area contributed by atoms with E-state index in [1.807, 2.05) is 0 Å². The zero-order chi connectivity index (χ0) is 13.5. The van der Waals surface area contributed by atoms with Gasteiger partial charge in [0, 0.05) is 5.88 Å². The zero-order valence-corrected chi connectivity index (χ0v) is 13.5. The van der Waals surface area contributed by atoms with Crippen molar-refractivity contribution in [2.24, 2.45) is 0 Å². The molecule has 0 bridgehead atoms. The summed E-state index contributed by atoms with van der Waals surface area (Å²) in [5.41, 5.74) is 1.18. The molecule has 102 valence electrons. The average Bonchev–Trinajstić information content (AvgIpc) is 2.37. The highest BCUT2D eigenvalue weighted by atomic mass is 127. The van der Waals surface area contributed by atoms with Crippen molar-refractivity contribution in [2.45, 2.75) is 51.3 Å². The fourth-order valence-electron chi connectivity index (χ4n) is 1.98. The van der Waals surface area contributed by atoms with Gasteiger partial charge in [-0.15, -0.1) is 11.6 Å². The van der Waals surface area contributed by atoms with Gasteiger partial charge in [-0.3, -0.25) is 0 Å². The van der Waals surface area contributed by atoms with E-state index in [4.69, 9.17) is 11.6 Å². The molecule has 0 saturated heterocycles. The Morgan fingerprint density at radius 2 is 1.78 bits per heavy atom. The fourth-order valence-corrected chi connectivity index (χ4v) is 2.83. The lowest BCUT2D eigenvalue weighted by molar-refractivity contribution is 0.489. The van der Waals surface area contributed by atoms with Crippen molar-refractivity contribution in [1.82, 2.24) is 0 Å². The second-order valence-corrected chi connectivity index (χ2v) is 5.85. The van der Waals surface area contributed by atoms with E-state index in [-0.39, 0.29) is 5.88 Å². The first-order valence-corrected chi connectivity index (χ1v) is 7.94. The Balaban J connectivity index is 2.71. The molecule has 0 aliphatic carbocycles. The average molecular weight is 387 g/mol. The van der Waals surface area contributed by atoms with Crippen molar-refractivity contribution in [2.75, 3.05) is 0 Å². The van der Waals surface area contributed by atoms with E-state index in [9.17, 15) is 8.78 Å². The number of alkyl halides is 1. The molecule has 0 fully saturated rings. The van der Waals surface area contributed by atoms with E-state index in [0.717, 1.165) is 24.8 Å². The van der Waals surface area contributed by atoms with Gasteiger partial charge in [-0.2, -0.15) is 0 Å². The van der Waals surface area contributed by atoms with Crippen molar-refractivity contribution in [1.29, 1.82) is 0 Å². The number of hydrogen-bond acceptors (Lipinski definition) is 0. The minimum atomic E-state index is -0.743. The maximum absolute atomic E-state index is 13.8. The normalized spacial score (nSPS) is 10.9. The van der Waals surface area contributed by atoms with E-state index in [2.05, 4.69) is 6.92 Å². The molecule has 0 saturated carbocycles. The number of benzene rings is 1. The highest BCUT2D eigenvalue weighted by Crippen LogP contribution is 2.25. The molecule has 0 heterocycles. The van der Waals surface area contributed by atoms with Crippen LogP contribution in [0.1, 0.15) is 50.2 Å². The predicted molar refractivity (Wildman–Crippen MR) is 81.1 cm³/mol.